The fourth-order valence-electron chi connectivity index (χ4n) is 2.31. The maximum Gasteiger partial charge on any atom is 0.335 e. The monoisotopic (exact) mass is 386 g/mol. The number of nitro groups is 1. The molecule has 1 aliphatic heterocycles. The lowest BCUT2D eigenvalue weighted by molar-refractivity contribution is -0.384. The standard InChI is InChI=1S/C17H10N2O5S2/c20-15-14(8-10-4-6-11(7-5-10)16(21)22)26-17(25)18(15)12-2-1-3-13(9-12)19(23)24/h1-9H,(H,21,22)/b14-8+. The van der Waals surface area contributed by atoms with E-state index in [9.17, 15) is 19.7 Å². The molecule has 0 saturated carbocycles. The van der Waals surface area contributed by atoms with E-state index in [1.807, 2.05) is 0 Å². The number of nitro benzene ring substituents is 1. The van der Waals surface area contributed by atoms with Crippen LogP contribution in [-0.2, 0) is 4.79 Å². The Labute approximate surface area is 157 Å². The van der Waals surface area contributed by atoms with Crippen LogP contribution in [0.25, 0.3) is 6.08 Å². The smallest absolute Gasteiger partial charge is 0.335 e. The summed E-state index contributed by atoms with van der Waals surface area (Å²) in [5, 5.41) is 19.8. The summed E-state index contributed by atoms with van der Waals surface area (Å²) in [6.45, 7) is 0. The number of aromatic carboxylic acids is 1. The van der Waals surface area contributed by atoms with E-state index in [1.165, 1.54) is 35.2 Å². The topological polar surface area (TPSA) is 101 Å². The number of thioether (sulfide) groups is 1. The molecule has 2 aromatic rings. The minimum atomic E-state index is -1.03. The minimum Gasteiger partial charge on any atom is -0.478 e. The lowest BCUT2D eigenvalue weighted by atomic mass is 10.1. The largest absolute Gasteiger partial charge is 0.478 e. The lowest BCUT2D eigenvalue weighted by Gasteiger charge is -2.13. The molecule has 0 radical (unpaired) electrons. The summed E-state index contributed by atoms with van der Waals surface area (Å²) in [6.07, 6.45) is 1.60. The van der Waals surface area contributed by atoms with Gasteiger partial charge in [-0.2, -0.15) is 0 Å². The van der Waals surface area contributed by atoms with Gasteiger partial charge in [-0.1, -0.05) is 42.2 Å². The molecule has 1 amide bonds. The Morgan fingerprint density at radius 1 is 1.23 bits per heavy atom. The fraction of sp³-hybridized carbons (Fsp3) is 0. The SMILES string of the molecule is O=C(O)c1ccc(/C=C2/SC(=S)N(c3cccc([N+](=O)[O-])c3)C2=O)cc1. The van der Waals surface area contributed by atoms with Gasteiger partial charge in [-0.25, -0.2) is 4.79 Å². The summed E-state index contributed by atoms with van der Waals surface area (Å²) in [5.41, 5.74) is 0.983. The van der Waals surface area contributed by atoms with E-state index in [1.54, 1.807) is 24.3 Å². The van der Waals surface area contributed by atoms with E-state index in [2.05, 4.69) is 0 Å². The van der Waals surface area contributed by atoms with Crippen molar-refractivity contribution in [2.45, 2.75) is 0 Å². The highest BCUT2D eigenvalue weighted by atomic mass is 32.2. The molecule has 26 heavy (non-hydrogen) atoms. The van der Waals surface area contributed by atoms with E-state index < -0.39 is 10.9 Å². The Morgan fingerprint density at radius 2 is 1.92 bits per heavy atom. The van der Waals surface area contributed by atoms with Crippen molar-refractivity contribution in [3.05, 3.63) is 74.7 Å². The first kappa shape index (κ1) is 17.8. The molecule has 0 unspecified atom stereocenters. The quantitative estimate of drug-likeness (QED) is 0.370. The number of hydrogen-bond donors (Lipinski definition) is 1. The van der Waals surface area contributed by atoms with Gasteiger partial charge in [-0.05, 0) is 29.8 Å². The molecule has 2 aromatic carbocycles. The molecule has 1 heterocycles. The number of carboxylic acids is 1. The number of nitrogens with zero attached hydrogens (tertiary/aromatic N) is 2. The number of carbonyl (C=O) groups is 2. The second kappa shape index (κ2) is 7.06. The van der Waals surface area contributed by atoms with E-state index in [0.29, 0.717) is 16.2 Å². The van der Waals surface area contributed by atoms with Gasteiger partial charge >= 0.3 is 5.97 Å². The van der Waals surface area contributed by atoms with Crippen molar-refractivity contribution in [1.82, 2.24) is 0 Å². The molecule has 1 N–H and O–H groups in total. The second-order valence-electron chi connectivity index (χ2n) is 5.22. The summed E-state index contributed by atoms with van der Waals surface area (Å²) >= 11 is 6.32. The molecule has 0 spiro atoms. The van der Waals surface area contributed by atoms with Gasteiger partial charge in [0.1, 0.15) is 0 Å². The zero-order chi connectivity index (χ0) is 18.8. The third kappa shape index (κ3) is 3.48. The lowest BCUT2D eigenvalue weighted by Crippen LogP contribution is -2.27. The molecule has 1 aliphatic rings. The summed E-state index contributed by atoms with van der Waals surface area (Å²) in [6, 6.07) is 11.7. The van der Waals surface area contributed by atoms with Gasteiger partial charge in [0, 0.05) is 12.1 Å². The summed E-state index contributed by atoms with van der Waals surface area (Å²) < 4.78 is 0.268. The van der Waals surface area contributed by atoms with E-state index in [0.717, 1.165) is 11.8 Å². The number of non-ortho nitro benzene ring substituents is 1. The van der Waals surface area contributed by atoms with Gasteiger partial charge in [0.15, 0.2) is 4.32 Å². The predicted molar refractivity (Wildman–Crippen MR) is 102 cm³/mol. The predicted octanol–water partition coefficient (Wildman–Crippen LogP) is 3.70. The molecule has 7 nitrogen and oxygen atoms in total. The molecule has 0 aromatic heterocycles. The van der Waals surface area contributed by atoms with Crippen molar-refractivity contribution in [2.24, 2.45) is 0 Å². The Balaban J connectivity index is 1.90. The molecule has 0 aliphatic carbocycles. The number of rotatable bonds is 4. The van der Waals surface area contributed by atoms with Crippen molar-refractivity contribution in [3.63, 3.8) is 0 Å². The van der Waals surface area contributed by atoms with Crippen LogP contribution in [0.5, 0.6) is 0 Å². The van der Waals surface area contributed by atoms with Gasteiger partial charge in [-0.15, -0.1) is 0 Å². The average molecular weight is 386 g/mol. The molecule has 0 bridgehead atoms. The number of amides is 1. The molecule has 9 heteroatoms. The number of benzene rings is 2. The Kier molecular flexibility index (Phi) is 4.83. The zero-order valence-corrected chi connectivity index (χ0v) is 14.6. The summed E-state index contributed by atoms with van der Waals surface area (Å²) in [4.78, 5) is 35.5. The van der Waals surface area contributed by atoms with Crippen LogP contribution in [0.15, 0.2) is 53.4 Å². The molecular weight excluding hydrogens is 376 g/mol. The van der Waals surface area contributed by atoms with Gasteiger partial charge < -0.3 is 5.11 Å². The first-order valence-corrected chi connectivity index (χ1v) is 8.45. The van der Waals surface area contributed by atoms with Crippen molar-refractivity contribution < 1.29 is 19.6 Å². The maximum atomic E-state index is 12.7. The highest BCUT2D eigenvalue weighted by Crippen LogP contribution is 2.36. The number of thiocarbonyl (C=S) groups is 1. The third-order valence-electron chi connectivity index (χ3n) is 3.55. The van der Waals surface area contributed by atoms with Crippen LogP contribution in [0, 0.1) is 10.1 Å². The Morgan fingerprint density at radius 3 is 2.54 bits per heavy atom. The van der Waals surface area contributed by atoms with E-state index in [4.69, 9.17) is 17.3 Å². The highest BCUT2D eigenvalue weighted by molar-refractivity contribution is 8.27. The number of carboxylic acid groups (broad SMARTS) is 1. The van der Waals surface area contributed by atoms with Crippen molar-refractivity contribution >= 4 is 57.6 Å². The first-order chi connectivity index (χ1) is 12.4. The molecule has 1 saturated heterocycles. The van der Waals surface area contributed by atoms with Crippen LogP contribution in [0.1, 0.15) is 15.9 Å². The average Bonchev–Trinajstić information content (AvgIpc) is 2.89. The van der Waals surface area contributed by atoms with Gasteiger partial charge in [0.2, 0.25) is 0 Å². The molecular formula is C17H10N2O5S2. The van der Waals surface area contributed by atoms with E-state index in [-0.39, 0.29) is 21.5 Å². The zero-order valence-electron chi connectivity index (χ0n) is 13.0. The molecule has 0 atom stereocenters. The van der Waals surface area contributed by atoms with E-state index >= 15 is 0 Å². The first-order valence-electron chi connectivity index (χ1n) is 7.22. The van der Waals surface area contributed by atoms with Crippen molar-refractivity contribution in [3.8, 4) is 0 Å². The Hall–Kier alpha value is -3.04. The van der Waals surface area contributed by atoms with Gasteiger partial charge in [0.05, 0.1) is 21.1 Å². The van der Waals surface area contributed by atoms with Crippen molar-refractivity contribution in [1.29, 1.82) is 0 Å². The third-order valence-corrected chi connectivity index (χ3v) is 4.85. The van der Waals surface area contributed by atoms with Gasteiger partial charge in [0.25, 0.3) is 11.6 Å². The fourth-order valence-corrected chi connectivity index (χ4v) is 3.61. The molecule has 3 rings (SSSR count). The van der Waals surface area contributed by atoms with Crippen LogP contribution < -0.4 is 4.90 Å². The Bertz CT molecular complexity index is 969. The summed E-state index contributed by atoms with van der Waals surface area (Å²) in [7, 11) is 0. The minimum absolute atomic E-state index is 0.134. The molecule has 1 fully saturated rings. The van der Waals surface area contributed by atoms with Crippen LogP contribution in [0.2, 0.25) is 0 Å². The van der Waals surface area contributed by atoms with Crippen LogP contribution in [0.3, 0.4) is 0 Å². The highest BCUT2D eigenvalue weighted by Gasteiger charge is 2.33. The normalized spacial score (nSPS) is 15.5. The van der Waals surface area contributed by atoms with Gasteiger partial charge in [-0.3, -0.25) is 19.8 Å². The number of carbonyl (C=O) groups excluding carboxylic acids is 1. The van der Waals surface area contributed by atoms with Crippen LogP contribution >= 0.6 is 24.0 Å². The maximum absolute atomic E-state index is 12.7. The van der Waals surface area contributed by atoms with Crippen LogP contribution in [0.4, 0.5) is 11.4 Å². The number of hydrogen-bond acceptors (Lipinski definition) is 6. The summed E-state index contributed by atoms with van der Waals surface area (Å²) in [5.74, 6) is -1.42. The number of anilines is 1. The van der Waals surface area contributed by atoms with Crippen LogP contribution in [-0.4, -0.2) is 26.2 Å². The van der Waals surface area contributed by atoms with Crippen molar-refractivity contribution in [2.75, 3.05) is 4.90 Å². The molecule has 130 valence electrons. The second-order valence-corrected chi connectivity index (χ2v) is 6.90.